The Labute approximate surface area is 48.0 Å². The maximum atomic E-state index is 5.29. The van der Waals surface area contributed by atoms with E-state index in [0.717, 1.165) is 26.3 Å². The van der Waals surface area contributed by atoms with Crippen molar-refractivity contribution in [2.75, 3.05) is 26.3 Å². The molecule has 0 unspecified atom stereocenters. The molecule has 1 N–H and O–H groups in total. The van der Waals surface area contributed by atoms with Gasteiger partial charge in [0.1, 0.15) is 0 Å². The zero-order valence-electron chi connectivity index (χ0n) is 4.64. The number of hydrogen-bond acceptors (Lipinski definition) is 3. The van der Waals surface area contributed by atoms with Crippen LogP contribution in [0.4, 0.5) is 0 Å². The van der Waals surface area contributed by atoms with E-state index in [1.54, 1.807) is 0 Å². The first-order valence-corrected chi connectivity index (χ1v) is 2.90. The fourth-order valence-electron chi connectivity index (χ4n) is 1.03. The first-order chi connectivity index (χ1) is 3.91. The molecular weight excluding hydrogens is 106 g/mol. The summed E-state index contributed by atoms with van der Waals surface area (Å²) in [4.78, 5) is 0. The molecular formula is C5H9NO2. The molecule has 2 aliphatic heterocycles. The molecule has 0 saturated carbocycles. The average molecular weight is 115 g/mol. The molecule has 1 spiro atoms. The van der Waals surface area contributed by atoms with Crippen molar-refractivity contribution in [3.63, 3.8) is 0 Å². The van der Waals surface area contributed by atoms with Crippen LogP contribution in [0.2, 0.25) is 0 Å². The van der Waals surface area contributed by atoms with Crippen LogP contribution >= 0.6 is 0 Å². The maximum Gasteiger partial charge on any atom is 0.193 e. The van der Waals surface area contributed by atoms with Gasteiger partial charge >= 0.3 is 0 Å². The van der Waals surface area contributed by atoms with Crippen LogP contribution in [-0.4, -0.2) is 32.1 Å². The summed E-state index contributed by atoms with van der Waals surface area (Å²) in [5.41, 5.74) is 0. The van der Waals surface area contributed by atoms with Crippen molar-refractivity contribution in [3.8, 4) is 0 Å². The molecule has 2 heterocycles. The minimum absolute atomic E-state index is 0.194. The molecule has 0 aromatic carbocycles. The topological polar surface area (TPSA) is 30.5 Å². The molecule has 0 aromatic rings. The van der Waals surface area contributed by atoms with E-state index in [1.807, 2.05) is 0 Å². The molecule has 2 aliphatic rings. The minimum Gasteiger partial charge on any atom is -0.345 e. The molecule has 0 amide bonds. The lowest BCUT2D eigenvalue weighted by Gasteiger charge is -2.36. The molecule has 0 aromatic heterocycles. The van der Waals surface area contributed by atoms with Gasteiger partial charge in [-0.15, -0.1) is 0 Å². The number of hydrogen-bond donors (Lipinski definition) is 1. The molecule has 0 bridgehead atoms. The van der Waals surface area contributed by atoms with E-state index < -0.39 is 0 Å². The van der Waals surface area contributed by atoms with E-state index in [1.165, 1.54) is 0 Å². The van der Waals surface area contributed by atoms with Gasteiger partial charge in [0.2, 0.25) is 0 Å². The highest BCUT2D eigenvalue weighted by molar-refractivity contribution is 4.88. The van der Waals surface area contributed by atoms with Crippen LogP contribution in [0.1, 0.15) is 0 Å². The van der Waals surface area contributed by atoms with Crippen molar-refractivity contribution < 1.29 is 9.47 Å². The first kappa shape index (κ1) is 4.73. The molecule has 46 valence electrons. The van der Waals surface area contributed by atoms with E-state index in [-0.39, 0.29) is 5.79 Å². The highest BCUT2D eigenvalue weighted by atomic mass is 16.7. The Morgan fingerprint density at radius 1 is 1.12 bits per heavy atom. The average Bonchev–Trinajstić information content (AvgIpc) is 2.07. The second kappa shape index (κ2) is 1.43. The maximum absolute atomic E-state index is 5.29. The molecule has 2 rings (SSSR count). The summed E-state index contributed by atoms with van der Waals surface area (Å²) < 4.78 is 10.6. The molecule has 0 atom stereocenters. The normalized spacial score (nSPS) is 33.0. The van der Waals surface area contributed by atoms with Gasteiger partial charge in [-0.2, -0.15) is 0 Å². The predicted molar refractivity (Wildman–Crippen MR) is 27.5 cm³/mol. The lowest BCUT2D eigenvalue weighted by Crippen LogP contribution is -2.60. The van der Waals surface area contributed by atoms with Gasteiger partial charge in [-0.3, -0.25) is 0 Å². The van der Waals surface area contributed by atoms with Crippen molar-refractivity contribution in [1.29, 1.82) is 0 Å². The molecule has 3 nitrogen and oxygen atoms in total. The van der Waals surface area contributed by atoms with Crippen molar-refractivity contribution in [2.45, 2.75) is 5.79 Å². The highest BCUT2D eigenvalue weighted by Gasteiger charge is 2.42. The Balaban J connectivity index is 2.01. The minimum atomic E-state index is -0.194. The van der Waals surface area contributed by atoms with Crippen LogP contribution in [0.3, 0.4) is 0 Å². The molecule has 8 heavy (non-hydrogen) atoms. The van der Waals surface area contributed by atoms with Crippen LogP contribution in [0.5, 0.6) is 0 Å². The molecule has 2 saturated heterocycles. The van der Waals surface area contributed by atoms with E-state index in [9.17, 15) is 0 Å². The SMILES string of the molecule is C1COC2(CNC2)O1. The van der Waals surface area contributed by atoms with Crippen molar-refractivity contribution >= 4 is 0 Å². The van der Waals surface area contributed by atoms with Crippen LogP contribution in [0.15, 0.2) is 0 Å². The van der Waals surface area contributed by atoms with E-state index in [2.05, 4.69) is 5.32 Å². The van der Waals surface area contributed by atoms with Crippen molar-refractivity contribution in [2.24, 2.45) is 0 Å². The van der Waals surface area contributed by atoms with E-state index in [4.69, 9.17) is 9.47 Å². The summed E-state index contributed by atoms with van der Waals surface area (Å²) in [6.07, 6.45) is 0. The molecule has 0 aliphatic carbocycles. The summed E-state index contributed by atoms with van der Waals surface area (Å²) in [5.74, 6) is -0.194. The zero-order valence-corrected chi connectivity index (χ0v) is 4.64. The fourth-order valence-corrected chi connectivity index (χ4v) is 1.03. The monoisotopic (exact) mass is 115 g/mol. The summed E-state index contributed by atoms with van der Waals surface area (Å²) in [6, 6.07) is 0. The van der Waals surface area contributed by atoms with Crippen molar-refractivity contribution in [3.05, 3.63) is 0 Å². The van der Waals surface area contributed by atoms with Gasteiger partial charge in [-0.25, -0.2) is 0 Å². The Bertz CT molecular complexity index is 92.6. The molecule has 3 heteroatoms. The van der Waals surface area contributed by atoms with Gasteiger partial charge in [0.25, 0.3) is 0 Å². The Kier molecular flexibility index (Phi) is 0.848. The van der Waals surface area contributed by atoms with Gasteiger partial charge in [0.15, 0.2) is 5.79 Å². The Morgan fingerprint density at radius 2 is 1.75 bits per heavy atom. The standard InChI is InChI=1S/C5H9NO2/c1-2-8-5(7-1)3-6-4-5/h6H,1-4H2. The summed E-state index contributed by atoms with van der Waals surface area (Å²) in [7, 11) is 0. The Hall–Kier alpha value is -0.120. The largest absolute Gasteiger partial charge is 0.345 e. The zero-order chi connectivity index (χ0) is 5.45. The Morgan fingerprint density at radius 3 is 2.00 bits per heavy atom. The van der Waals surface area contributed by atoms with Crippen LogP contribution in [0, 0.1) is 0 Å². The molecule has 0 radical (unpaired) electrons. The second-order valence-corrected chi connectivity index (χ2v) is 2.21. The summed E-state index contributed by atoms with van der Waals surface area (Å²) in [5, 5.41) is 3.09. The van der Waals surface area contributed by atoms with Gasteiger partial charge in [-0.05, 0) is 0 Å². The quantitative estimate of drug-likeness (QED) is 0.454. The molecule has 2 fully saturated rings. The smallest absolute Gasteiger partial charge is 0.193 e. The predicted octanol–water partition coefficient (Wildman–Crippen LogP) is -0.667. The van der Waals surface area contributed by atoms with E-state index >= 15 is 0 Å². The summed E-state index contributed by atoms with van der Waals surface area (Å²) >= 11 is 0. The van der Waals surface area contributed by atoms with Crippen molar-refractivity contribution in [1.82, 2.24) is 5.32 Å². The van der Waals surface area contributed by atoms with Crippen LogP contribution in [-0.2, 0) is 9.47 Å². The van der Waals surface area contributed by atoms with Crippen LogP contribution < -0.4 is 5.32 Å². The first-order valence-electron chi connectivity index (χ1n) is 2.90. The fraction of sp³-hybridized carbons (Fsp3) is 1.00. The van der Waals surface area contributed by atoms with Gasteiger partial charge in [0.05, 0.1) is 26.3 Å². The summed E-state index contributed by atoms with van der Waals surface area (Å²) in [6.45, 7) is 3.27. The number of nitrogens with one attached hydrogen (secondary N) is 1. The third-order valence-electron chi connectivity index (χ3n) is 1.60. The van der Waals surface area contributed by atoms with Gasteiger partial charge < -0.3 is 14.8 Å². The third-order valence-corrected chi connectivity index (χ3v) is 1.60. The highest BCUT2D eigenvalue weighted by Crippen LogP contribution is 2.22. The number of ether oxygens (including phenoxy) is 2. The van der Waals surface area contributed by atoms with E-state index in [0.29, 0.717) is 0 Å². The van der Waals surface area contributed by atoms with Gasteiger partial charge in [0, 0.05) is 0 Å². The lowest BCUT2D eigenvalue weighted by atomic mass is 10.2. The second-order valence-electron chi connectivity index (χ2n) is 2.21. The third kappa shape index (κ3) is 0.491. The van der Waals surface area contributed by atoms with Crippen LogP contribution in [0.25, 0.3) is 0 Å². The van der Waals surface area contributed by atoms with Gasteiger partial charge in [-0.1, -0.05) is 0 Å². The lowest BCUT2D eigenvalue weighted by molar-refractivity contribution is -0.186. The number of rotatable bonds is 0.